The number of β-amino-alcohol motifs (C(OH)–C–C–N with tert-alkyl or cyclic N) is 1. The average Bonchev–Trinajstić information content (AvgIpc) is 2.65. The van der Waals surface area contributed by atoms with E-state index in [1.54, 1.807) is 4.90 Å². The molecule has 1 aliphatic rings. The zero-order valence-electron chi connectivity index (χ0n) is 16.9. The quantitative estimate of drug-likeness (QED) is 0.855. The Morgan fingerprint density at radius 1 is 1.07 bits per heavy atom. The molecule has 1 saturated heterocycles. The molecule has 152 valence electrons. The number of aliphatic hydroxyl groups is 1. The third-order valence-corrected chi connectivity index (χ3v) is 4.67. The highest BCUT2D eigenvalue weighted by Gasteiger charge is 2.26. The monoisotopic (exact) mass is 386 g/mol. The normalized spacial score (nSPS) is 16.8. The van der Waals surface area contributed by atoms with Gasteiger partial charge in [0, 0.05) is 38.1 Å². The van der Waals surface area contributed by atoms with Gasteiger partial charge in [0.2, 0.25) is 0 Å². The van der Waals surface area contributed by atoms with Gasteiger partial charge in [-0.1, -0.05) is 36.4 Å². The molecule has 1 fully saturated rings. The van der Waals surface area contributed by atoms with E-state index in [1.807, 2.05) is 63.2 Å². The number of hydrogen-bond donors (Lipinski definition) is 1. The highest BCUT2D eigenvalue weighted by Crippen LogP contribution is 2.25. The molecule has 1 unspecified atom stereocenters. The van der Waals surface area contributed by atoms with Crippen LogP contribution in [0.3, 0.4) is 0 Å². The number of rotatable bonds is 5. The molecule has 1 N–H and O–H groups in total. The Labute approximate surface area is 166 Å². The minimum absolute atomic E-state index is 0.236. The maximum atomic E-state index is 12.1. The van der Waals surface area contributed by atoms with Gasteiger partial charge in [0.15, 0.2) is 0 Å². The van der Waals surface area contributed by atoms with Crippen molar-refractivity contribution in [3.05, 3.63) is 42.5 Å². The number of hydrogen-bond acceptors (Lipinski definition) is 5. The molecule has 0 aromatic heterocycles. The lowest BCUT2D eigenvalue weighted by Gasteiger charge is -2.36. The number of carbonyl (C=O) groups excluding carboxylic acids is 1. The Balaban J connectivity index is 1.45. The van der Waals surface area contributed by atoms with Crippen LogP contribution in [0.25, 0.3) is 10.8 Å². The van der Waals surface area contributed by atoms with Gasteiger partial charge in [0.1, 0.15) is 24.1 Å². The van der Waals surface area contributed by atoms with Crippen LogP contribution in [0.5, 0.6) is 5.75 Å². The van der Waals surface area contributed by atoms with Crippen molar-refractivity contribution in [3.63, 3.8) is 0 Å². The van der Waals surface area contributed by atoms with Crippen molar-refractivity contribution >= 4 is 16.9 Å². The van der Waals surface area contributed by atoms with Gasteiger partial charge in [-0.3, -0.25) is 4.90 Å². The van der Waals surface area contributed by atoms with Crippen LogP contribution in [0.1, 0.15) is 20.8 Å². The van der Waals surface area contributed by atoms with Crippen molar-refractivity contribution in [1.82, 2.24) is 9.80 Å². The Morgan fingerprint density at radius 3 is 2.46 bits per heavy atom. The molecule has 0 spiro atoms. The highest BCUT2D eigenvalue weighted by molar-refractivity contribution is 5.88. The number of piperazine rings is 1. The second kappa shape index (κ2) is 8.80. The van der Waals surface area contributed by atoms with E-state index in [0.29, 0.717) is 32.7 Å². The van der Waals surface area contributed by atoms with Crippen LogP contribution in [0, 0.1) is 0 Å². The van der Waals surface area contributed by atoms with Crippen LogP contribution >= 0.6 is 0 Å². The van der Waals surface area contributed by atoms with E-state index < -0.39 is 11.7 Å². The maximum Gasteiger partial charge on any atom is 0.410 e. The molecule has 1 aliphatic heterocycles. The van der Waals surface area contributed by atoms with Gasteiger partial charge in [-0.05, 0) is 32.2 Å². The zero-order chi connectivity index (χ0) is 20.1. The fourth-order valence-electron chi connectivity index (χ4n) is 3.30. The minimum atomic E-state index is -0.591. The smallest absolute Gasteiger partial charge is 0.410 e. The summed E-state index contributed by atoms with van der Waals surface area (Å²) in [5, 5.41) is 12.6. The first-order chi connectivity index (χ1) is 13.3. The average molecular weight is 386 g/mol. The maximum absolute atomic E-state index is 12.1. The van der Waals surface area contributed by atoms with Gasteiger partial charge in [-0.25, -0.2) is 4.79 Å². The van der Waals surface area contributed by atoms with Crippen LogP contribution in [0.2, 0.25) is 0 Å². The van der Waals surface area contributed by atoms with E-state index in [9.17, 15) is 9.90 Å². The van der Waals surface area contributed by atoms with Crippen molar-refractivity contribution < 1.29 is 19.4 Å². The summed E-state index contributed by atoms with van der Waals surface area (Å²) < 4.78 is 11.3. The molecule has 0 aliphatic carbocycles. The molecule has 2 aromatic carbocycles. The second-order valence-electron chi connectivity index (χ2n) is 8.21. The number of ether oxygens (including phenoxy) is 2. The van der Waals surface area contributed by atoms with Gasteiger partial charge in [0.25, 0.3) is 0 Å². The van der Waals surface area contributed by atoms with E-state index in [-0.39, 0.29) is 12.7 Å². The van der Waals surface area contributed by atoms with Crippen molar-refractivity contribution in [3.8, 4) is 5.75 Å². The van der Waals surface area contributed by atoms with Gasteiger partial charge < -0.3 is 19.5 Å². The summed E-state index contributed by atoms with van der Waals surface area (Å²) in [4.78, 5) is 16.0. The predicted octanol–water partition coefficient (Wildman–Crippen LogP) is 3.13. The standard InChI is InChI=1S/C22H30N2O4/c1-22(2,3)28-21(26)24-13-11-23(12-14-24)15-18(25)16-27-20-10-6-8-17-7-4-5-9-19(17)20/h4-10,18,25H,11-16H2,1-3H3. The van der Waals surface area contributed by atoms with Crippen LogP contribution in [-0.2, 0) is 4.74 Å². The topological polar surface area (TPSA) is 62.2 Å². The second-order valence-corrected chi connectivity index (χ2v) is 8.21. The number of fused-ring (bicyclic) bond motifs is 1. The van der Waals surface area contributed by atoms with E-state index in [0.717, 1.165) is 16.5 Å². The number of aliphatic hydroxyl groups excluding tert-OH is 1. The number of benzene rings is 2. The molecule has 0 bridgehead atoms. The first-order valence-corrected chi connectivity index (χ1v) is 9.81. The number of carbonyl (C=O) groups is 1. The lowest BCUT2D eigenvalue weighted by Crippen LogP contribution is -2.51. The molecule has 0 radical (unpaired) electrons. The molecule has 6 nitrogen and oxygen atoms in total. The predicted molar refractivity (Wildman–Crippen MR) is 110 cm³/mol. The summed E-state index contributed by atoms with van der Waals surface area (Å²) in [6.07, 6.45) is -0.862. The SMILES string of the molecule is CC(C)(C)OC(=O)N1CCN(CC(O)COc2cccc3ccccc23)CC1. The lowest BCUT2D eigenvalue weighted by molar-refractivity contribution is 0.00718. The van der Waals surface area contributed by atoms with Crippen LogP contribution in [0.4, 0.5) is 4.79 Å². The van der Waals surface area contributed by atoms with Gasteiger partial charge >= 0.3 is 6.09 Å². The molecular weight excluding hydrogens is 356 g/mol. The van der Waals surface area contributed by atoms with Crippen molar-refractivity contribution in [2.75, 3.05) is 39.3 Å². The summed E-state index contributed by atoms with van der Waals surface area (Å²) in [6, 6.07) is 14.0. The number of amides is 1. The van der Waals surface area contributed by atoms with Gasteiger partial charge in [-0.15, -0.1) is 0 Å². The third kappa shape index (κ3) is 5.59. The highest BCUT2D eigenvalue weighted by atomic mass is 16.6. The lowest BCUT2D eigenvalue weighted by atomic mass is 10.1. The van der Waals surface area contributed by atoms with Crippen LogP contribution in [-0.4, -0.2) is 72.0 Å². The molecule has 6 heteroatoms. The van der Waals surface area contributed by atoms with E-state index in [4.69, 9.17) is 9.47 Å². The fourth-order valence-corrected chi connectivity index (χ4v) is 3.30. The fraction of sp³-hybridized carbons (Fsp3) is 0.500. The van der Waals surface area contributed by atoms with Crippen molar-refractivity contribution in [1.29, 1.82) is 0 Å². The molecule has 1 heterocycles. The molecule has 1 amide bonds. The molecule has 28 heavy (non-hydrogen) atoms. The third-order valence-electron chi connectivity index (χ3n) is 4.67. The first-order valence-electron chi connectivity index (χ1n) is 9.81. The zero-order valence-corrected chi connectivity index (χ0v) is 16.9. The molecule has 3 rings (SSSR count). The van der Waals surface area contributed by atoms with Crippen molar-refractivity contribution in [2.45, 2.75) is 32.5 Å². The summed E-state index contributed by atoms with van der Waals surface area (Å²) in [5.74, 6) is 0.784. The molecule has 1 atom stereocenters. The summed E-state index contributed by atoms with van der Waals surface area (Å²) >= 11 is 0. The Bertz CT molecular complexity index is 789. The Kier molecular flexibility index (Phi) is 6.42. The molecular formula is C22H30N2O4. The van der Waals surface area contributed by atoms with E-state index in [1.165, 1.54) is 0 Å². The van der Waals surface area contributed by atoms with Gasteiger partial charge in [0.05, 0.1) is 0 Å². The molecule has 2 aromatic rings. The number of nitrogens with zero attached hydrogens (tertiary/aromatic N) is 2. The van der Waals surface area contributed by atoms with Crippen molar-refractivity contribution in [2.24, 2.45) is 0 Å². The van der Waals surface area contributed by atoms with Gasteiger partial charge in [-0.2, -0.15) is 0 Å². The molecule has 0 saturated carbocycles. The largest absolute Gasteiger partial charge is 0.490 e. The van der Waals surface area contributed by atoms with E-state index >= 15 is 0 Å². The Morgan fingerprint density at radius 2 is 1.75 bits per heavy atom. The van der Waals surface area contributed by atoms with Crippen LogP contribution in [0.15, 0.2) is 42.5 Å². The first kappa shape index (κ1) is 20.4. The summed E-state index contributed by atoms with van der Waals surface area (Å²) in [6.45, 7) is 8.99. The Hall–Kier alpha value is -2.31. The van der Waals surface area contributed by atoms with Crippen LogP contribution < -0.4 is 4.74 Å². The van der Waals surface area contributed by atoms with E-state index in [2.05, 4.69) is 4.90 Å². The summed E-state index contributed by atoms with van der Waals surface area (Å²) in [7, 11) is 0. The minimum Gasteiger partial charge on any atom is -0.490 e. The summed E-state index contributed by atoms with van der Waals surface area (Å²) in [5.41, 5.74) is -0.483.